The quantitative estimate of drug-likeness (QED) is 0.354. The highest BCUT2D eigenvalue weighted by Crippen LogP contribution is 2.34. The average molecular weight is 501 g/mol. The van der Waals surface area contributed by atoms with Crippen molar-refractivity contribution in [1.82, 2.24) is 29.8 Å². The number of carbonyl (C=O) groups is 1. The van der Waals surface area contributed by atoms with Gasteiger partial charge in [0.25, 0.3) is 0 Å². The molecule has 1 atom stereocenters. The molecular weight excluding hydrogens is 464 g/mol. The Bertz CT molecular complexity index is 1430. The van der Waals surface area contributed by atoms with Crippen LogP contribution in [0.15, 0.2) is 30.3 Å². The van der Waals surface area contributed by atoms with E-state index >= 15 is 0 Å². The maximum Gasteiger partial charge on any atom is 0.304 e. The molecule has 0 spiro atoms. The zero-order chi connectivity index (χ0) is 26.1. The summed E-state index contributed by atoms with van der Waals surface area (Å²) in [4.78, 5) is 16.7. The van der Waals surface area contributed by atoms with Gasteiger partial charge in [-0.3, -0.25) is 4.79 Å². The summed E-state index contributed by atoms with van der Waals surface area (Å²) in [6, 6.07) is 10.3. The van der Waals surface area contributed by atoms with E-state index in [0.717, 1.165) is 56.9 Å². The van der Waals surface area contributed by atoms with Gasteiger partial charge in [0, 0.05) is 19.4 Å². The molecule has 2 aromatic carbocycles. The molecule has 0 aliphatic heterocycles. The molecule has 1 N–H and O–H groups in total. The van der Waals surface area contributed by atoms with Gasteiger partial charge in [0.05, 0.1) is 18.5 Å². The molecule has 4 aromatic rings. The second kappa shape index (κ2) is 10.4. The Morgan fingerprint density at radius 3 is 2.65 bits per heavy atom. The molecule has 1 aliphatic rings. The zero-order valence-corrected chi connectivity index (χ0v) is 22.2. The van der Waals surface area contributed by atoms with Crippen molar-refractivity contribution in [3.8, 4) is 0 Å². The molecule has 0 bridgehead atoms. The lowest BCUT2D eigenvalue weighted by atomic mass is 9.84. The molecule has 1 fully saturated rings. The first kappa shape index (κ1) is 25.1. The first-order valence-corrected chi connectivity index (χ1v) is 13.3. The highest BCUT2D eigenvalue weighted by molar-refractivity contribution is 5.80. The Hall–Kier alpha value is -3.55. The van der Waals surface area contributed by atoms with Gasteiger partial charge in [-0.1, -0.05) is 61.6 Å². The lowest BCUT2D eigenvalue weighted by molar-refractivity contribution is -0.137. The van der Waals surface area contributed by atoms with Gasteiger partial charge >= 0.3 is 5.97 Å². The lowest BCUT2D eigenvalue weighted by Gasteiger charge is -2.20. The number of benzene rings is 2. The van der Waals surface area contributed by atoms with E-state index in [1.165, 1.54) is 32.1 Å². The Balaban J connectivity index is 1.45. The highest BCUT2D eigenvalue weighted by atomic mass is 16.4. The van der Waals surface area contributed by atoms with Gasteiger partial charge in [0.1, 0.15) is 11.3 Å². The van der Waals surface area contributed by atoms with Gasteiger partial charge in [0.2, 0.25) is 0 Å². The normalized spacial score (nSPS) is 15.4. The highest BCUT2D eigenvalue weighted by Gasteiger charge is 2.23. The van der Waals surface area contributed by atoms with Crippen molar-refractivity contribution in [2.45, 2.75) is 78.2 Å². The van der Waals surface area contributed by atoms with Crippen LogP contribution in [0.2, 0.25) is 0 Å². The van der Waals surface area contributed by atoms with E-state index in [4.69, 9.17) is 10.1 Å². The van der Waals surface area contributed by atoms with Crippen molar-refractivity contribution in [3.05, 3.63) is 69.8 Å². The average Bonchev–Trinajstić information content (AvgIpc) is 3.42. The van der Waals surface area contributed by atoms with Gasteiger partial charge in [-0.2, -0.15) is 5.10 Å². The maximum atomic E-state index is 11.9. The fourth-order valence-electron chi connectivity index (χ4n) is 5.81. The summed E-state index contributed by atoms with van der Waals surface area (Å²) in [5.41, 5.74) is 6.95. The first-order valence-electron chi connectivity index (χ1n) is 13.3. The molecule has 2 aromatic heterocycles. The van der Waals surface area contributed by atoms with Gasteiger partial charge in [0.15, 0.2) is 5.82 Å². The molecule has 0 amide bonds. The van der Waals surface area contributed by atoms with E-state index in [-0.39, 0.29) is 12.3 Å². The molecule has 194 valence electrons. The third kappa shape index (κ3) is 5.29. The monoisotopic (exact) mass is 500 g/mol. The zero-order valence-electron chi connectivity index (χ0n) is 22.2. The summed E-state index contributed by atoms with van der Waals surface area (Å²) in [5, 5.41) is 23.1. The van der Waals surface area contributed by atoms with Crippen LogP contribution in [0, 0.1) is 26.7 Å². The van der Waals surface area contributed by atoms with E-state index in [9.17, 15) is 9.90 Å². The predicted molar refractivity (Wildman–Crippen MR) is 143 cm³/mol. The van der Waals surface area contributed by atoms with E-state index in [1.807, 2.05) is 37.7 Å². The number of carboxylic acid groups (broad SMARTS) is 1. The molecule has 0 saturated heterocycles. The van der Waals surface area contributed by atoms with E-state index < -0.39 is 5.97 Å². The summed E-state index contributed by atoms with van der Waals surface area (Å²) in [7, 11) is 1.86. The summed E-state index contributed by atoms with van der Waals surface area (Å²) in [6.07, 6.45) is 7.50. The SMILES string of the molecule is Cc1ccc(C(CC(=O)O)c2ccc3c(nnn3C)c2C)cc1Cn1nc(CC2CCCCC2)nc1C. The van der Waals surface area contributed by atoms with Crippen LogP contribution in [0.3, 0.4) is 0 Å². The fraction of sp³-hybridized carbons (Fsp3) is 0.483. The Kier molecular flexibility index (Phi) is 7.09. The molecule has 37 heavy (non-hydrogen) atoms. The van der Waals surface area contributed by atoms with Gasteiger partial charge in [-0.25, -0.2) is 14.3 Å². The Morgan fingerprint density at radius 2 is 1.89 bits per heavy atom. The summed E-state index contributed by atoms with van der Waals surface area (Å²) < 4.78 is 3.73. The number of aliphatic carboxylic acids is 1. The molecule has 2 heterocycles. The Morgan fingerprint density at radius 1 is 1.11 bits per heavy atom. The lowest BCUT2D eigenvalue weighted by Crippen LogP contribution is -2.12. The molecular formula is C29H36N6O2. The number of fused-ring (bicyclic) bond motifs is 1. The number of hydrogen-bond donors (Lipinski definition) is 1. The summed E-state index contributed by atoms with van der Waals surface area (Å²) in [5.74, 6) is 1.43. The van der Waals surface area contributed by atoms with Crippen molar-refractivity contribution in [3.63, 3.8) is 0 Å². The second-order valence-electron chi connectivity index (χ2n) is 10.6. The minimum absolute atomic E-state index is 0.00298. The van der Waals surface area contributed by atoms with Crippen molar-refractivity contribution >= 4 is 17.0 Å². The third-order valence-corrected chi connectivity index (χ3v) is 8.03. The van der Waals surface area contributed by atoms with Gasteiger partial charge in [-0.05, 0) is 60.6 Å². The largest absolute Gasteiger partial charge is 0.481 e. The summed E-state index contributed by atoms with van der Waals surface area (Å²) in [6.45, 7) is 6.73. The standard InChI is InChI=1S/C29H36N6O2/c1-18-10-11-22(25(16-28(36)37)24-12-13-26-29(19(24)2)31-33-34(26)4)15-23(18)17-35-20(3)30-27(32-35)14-21-8-6-5-7-9-21/h10-13,15,21,25H,5-9,14,16-17H2,1-4H3,(H,36,37). The van der Waals surface area contributed by atoms with Crippen LogP contribution in [0.1, 0.15) is 83.9 Å². The van der Waals surface area contributed by atoms with E-state index in [0.29, 0.717) is 12.5 Å². The van der Waals surface area contributed by atoms with Crippen molar-refractivity contribution < 1.29 is 9.90 Å². The van der Waals surface area contributed by atoms with Gasteiger partial charge in [-0.15, -0.1) is 5.10 Å². The smallest absolute Gasteiger partial charge is 0.304 e. The molecule has 8 nitrogen and oxygen atoms in total. The first-order chi connectivity index (χ1) is 17.8. The van der Waals surface area contributed by atoms with E-state index in [2.05, 4.69) is 35.4 Å². The van der Waals surface area contributed by atoms with E-state index in [1.54, 1.807) is 4.68 Å². The van der Waals surface area contributed by atoms with Crippen LogP contribution >= 0.6 is 0 Å². The van der Waals surface area contributed by atoms with Crippen LogP contribution < -0.4 is 0 Å². The fourth-order valence-corrected chi connectivity index (χ4v) is 5.81. The van der Waals surface area contributed by atoms with Crippen molar-refractivity contribution in [1.29, 1.82) is 0 Å². The van der Waals surface area contributed by atoms with Gasteiger partial charge < -0.3 is 5.11 Å². The summed E-state index contributed by atoms with van der Waals surface area (Å²) >= 11 is 0. The molecule has 1 unspecified atom stereocenters. The molecule has 1 aliphatic carbocycles. The number of aromatic nitrogens is 6. The predicted octanol–water partition coefficient (Wildman–Crippen LogP) is 5.26. The van der Waals surface area contributed by atoms with Crippen LogP contribution in [0.4, 0.5) is 0 Å². The number of rotatable bonds is 8. The topological polar surface area (TPSA) is 98.7 Å². The third-order valence-electron chi connectivity index (χ3n) is 8.03. The molecule has 5 rings (SSSR count). The number of carboxylic acids is 1. The maximum absolute atomic E-state index is 11.9. The minimum atomic E-state index is -0.828. The molecule has 8 heteroatoms. The number of aryl methyl sites for hydroxylation is 4. The second-order valence-corrected chi connectivity index (χ2v) is 10.6. The van der Waals surface area contributed by atoms with Crippen LogP contribution in [-0.2, 0) is 24.8 Å². The molecule has 0 radical (unpaired) electrons. The van der Waals surface area contributed by atoms with Crippen LogP contribution in [0.25, 0.3) is 11.0 Å². The minimum Gasteiger partial charge on any atom is -0.481 e. The van der Waals surface area contributed by atoms with Crippen molar-refractivity contribution in [2.75, 3.05) is 0 Å². The van der Waals surface area contributed by atoms with Crippen molar-refractivity contribution in [2.24, 2.45) is 13.0 Å². The van der Waals surface area contributed by atoms with Crippen LogP contribution in [-0.4, -0.2) is 40.8 Å². The molecule has 1 saturated carbocycles. The number of hydrogen-bond acceptors (Lipinski definition) is 5. The van der Waals surface area contributed by atoms with Crippen LogP contribution in [0.5, 0.6) is 0 Å². The Labute approximate surface area is 217 Å². The number of nitrogens with zero attached hydrogens (tertiary/aromatic N) is 6.